The molecule has 0 atom stereocenters. The number of thiophene rings is 1. The predicted molar refractivity (Wildman–Crippen MR) is 69.9 cm³/mol. The van der Waals surface area contributed by atoms with E-state index < -0.39 is 0 Å². The van der Waals surface area contributed by atoms with Gasteiger partial charge in [-0.15, -0.1) is 21.5 Å². The number of nitrogens with two attached hydrogens (primary N) is 1. The monoisotopic (exact) mass is 284 g/mol. The molecular weight excluding hydrogens is 272 g/mol. The summed E-state index contributed by atoms with van der Waals surface area (Å²) in [7, 11) is 0. The number of rotatable bonds is 6. The number of nitrogens with one attached hydrogen (secondary N) is 1. The Morgan fingerprint density at radius 2 is 2.44 bits per heavy atom. The summed E-state index contributed by atoms with van der Waals surface area (Å²) in [4.78, 5) is 11.8. The largest absolute Gasteiger partial charge is 0.410 e. The number of amides is 1. The zero-order valence-corrected chi connectivity index (χ0v) is 11.1. The molecule has 6 nitrogen and oxygen atoms in total. The fraction of sp³-hybridized carbons (Fsp3) is 0.300. The molecule has 18 heavy (non-hydrogen) atoms. The molecule has 8 heteroatoms. The van der Waals surface area contributed by atoms with E-state index in [2.05, 4.69) is 15.6 Å². The smallest absolute Gasteiger partial charge is 0.276 e. The van der Waals surface area contributed by atoms with Crippen molar-refractivity contribution in [3.05, 3.63) is 17.5 Å². The van der Waals surface area contributed by atoms with Crippen LogP contribution in [0.2, 0.25) is 0 Å². The molecule has 2 aromatic rings. The van der Waals surface area contributed by atoms with Gasteiger partial charge in [0.05, 0.1) is 4.88 Å². The van der Waals surface area contributed by atoms with Crippen molar-refractivity contribution < 1.29 is 9.21 Å². The van der Waals surface area contributed by atoms with Crippen molar-refractivity contribution in [3.63, 3.8) is 0 Å². The molecule has 2 rings (SSSR count). The maximum Gasteiger partial charge on any atom is 0.276 e. The van der Waals surface area contributed by atoms with Gasteiger partial charge in [0.2, 0.25) is 5.91 Å². The SMILES string of the molecule is NNC(=O)CCCSc1nnc(-c2cccs2)o1. The fourth-order valence-electron chi connectivity index (χ4n) is 1.23. The number of carbonyl (C=O) groups is 1. The van der Waals surface area contributed by atoms with Crippen molar-refractivity contribution >= 4 is 29.0 Å². The van der Waals surface area contributed by atoms with Crippen molar-refractivity contribution in [2.45, 2.75) is 18.1 Å². The van der Waals surface area contributed by atoms with Crippen LogP contribution in [0.3, 0.4) is 0 Å². The lowest BCUT2D eigenvalue weighted by molar-refractivity contribution is -0.121. The lowest BCUT2D eigenvalue weighted by Crippen LogP contribution is -2.29. The van der Waals surface area contributed by atoms with Crippen LogP contribution in [0.25, 0.3) is 10.8 Å². The van der Waals surface area contributed by atoms with Gasteiger partial charge >= 0.3 is 0 Å². The van der Waals surface area contributed by atoms with Gasteiger partial charge in [0.25, 0.3) is 11.1 Å². The van der Waals surface area contributed by atoms with Gasteiger partial charge in [-0.1, -0.05) is 17.8 Å². The van der Waals surface area contributed by atoms with Crippen LogP contribution in [0.5, 0.6) is 0 Å². The Morgan fingerprint density at radius 3 is 3.17 bits per heavy atom. The van der Waals surface area contributed by atoms with Crippen LogP contribution >= 0.6 is 23.1 Å². The van der Waals surface area contributed by atoms with Crippen molar-refractivity contribution in [1.29, 1.82) is 0 Å². The number of carbonyl (C=O) groups excluding carboxylic acids is 1. The molecule has 0 aliphatic heterocycles. The van der Waals surface area contributed by atoms with E-state index in [0.717, 1.165) is 10.6 Å². The summed E-state index contributed by atoms with van der Waals surface area (Å²) in [5.41, 5.74) is 2.09. The highest BCUT2D eigenvalue weighted by Crippen LogP contribution is 2.26. The highest BCUT2D eigenvalue weighted by Gasteiger charge is 2.09. The highest BCUT2D eigenvalue weighted by atomic mass is 32.2. The zero-order valence-electron chi connectivity index (χ0n) is 9.46. The first-order chi connectivity index (χ1) is 8.79. The number of hydrogen-bond acceptors (Lipinski definition) is 7. The van der Waals surface area contributed by atoms with Crippen LogP contribution in [0, 0.1) is 0 Å². The Hall–Kier alpha value is -1.38. The van der Waals surface area contributed by atoms with E-state index in [4.69, 9.17) is 10.3 Å². The molecule has 0 saturated heterocycles. The Morgan fingerprint density at radius 1 is 1.56 bits per heavy atom. The van der Waals surface area contributed by atoms with Gasteiger partial charge in [0, 0.05) is 12.2 Å². The van der Waals surface area contributed by atoms with Crippen LogP contribution in [-0.2, 0) is 4.79 Å². The van der Waals surface area contributed by atoms with Gasteiger partial charge in [-0.05, 0) is 17.9 Å². The standard InChI is InChI=1S/C10H12N4O2S2/c11-12-8(15)4-2-6-18-10-14-13-9(16-10)7-3-1-5-17-7/h1,3,5H,2,4,6,11H2,(H,12,15). The van der Waals surface area contributed by atoms with E-state index >= 15 is 0 Å². The number of aromatic nitrogens is 2. The van der Waals surface area contributed by atoms with E-state index in [-0.39, 0.29) is 5.91 Å². The predicted octanol–water partition coefficient (Wildman–Crippen LogP) is 1.66. The molecule has 0 saturated carbocycles. The summed E-state index contributed by atoms with van der Waals surface area (Å²) in [6, 6.07) is 3.86. The summed E-state index contributed by atoms with van der Waals surface area (Å²) >= 11 is 2.99. The van der Waals surface area contributed by atoms with E-state index in [1.807, 2.05) is 17.5 Å². The molecule has 0 unspecified atom stereocenters. The first-order valence-electron chi connectivity index (χ1n) is 5.29. The van der Waals surface area contributed by atoms with E-state index in [1.165, 1.54) is 11.8 Å². The van der Waals surface area contributed by atoms with Crippen LogP contribution in [0.15, 0.2) is 27.2 Å². The maximum absolute atomic E-state index is 10.9. The minimum Gasteiger partial charge on any atom is -0.410 e. The molecule has 1 amide bonds. The quantitative estimate of drug-likeness (QED) is 0.275. The van der Waals surface area contributed by atoms with Crippen LogP contribution in [-0.4, -0.2) is 21.9 Å². The molecular formula is C10H12N4O2S2. The van der Waals surface area contributed by atoms with Crippen LogP contribution in [0.4, 0.5) is 0 Å². The van der Waals surface area contributed by atoms with Crippen molar-refractivity contribution in [2.24, 2.45) is 5.84 Å². The third-order valence-electron chi connectivity index (χ3n) is 2.07. The molecule has 0 aliphatic rings. The van der Waals surface area contributed by atoms with E-state index in [9.17, 15) is 4.79 Å². The van der Waals surface area contributed by atoms with Gasteiger partial charge in [0.15, 0.2) is 0 Å². The molecule has 0 aliphatic carbocycles. The third-order valence-corrected chi connectivity index (χ3v) is 3.84. The minimum absolute atomic E-state index is 0.166. The average molecular weight is 284 g/mol. The summed E-state index contributed by atoms with van der Waals surface area (Å²) < 4.78 is 5.49. The molecule has 0 spiro atoms. The van der Waals surface area contributed by atoms with Gasteiger partial charge in [-0.2, -0.15) is 0 Å². The maximum atomic E-state index is 10.9. The molecule has 0 bridgehead atoms. The third kappa shape index (κ3) is 3.56. The minimum atomic E-state index is -0.166. The average Bonchev–Trinajstić information content (AvgIpc) is 3.04. The number of hydrogen-bond donors (Lipinski definition) is 2. The van der Waals surface area contributed by atoms with Gasteiger partial charge in [0.1, 0.15) is 0 Å². The normalized spacial score (nSPS) is 10.5. The van der Waals surface area contributed by atoms with Gasteiger partial charge in [-0.25, -0.2) is 5.84 Å². The Balaban J connectivity index is 1.79. The summed E-state index contributed by atoms with van der Waals surface area (Å²) in [5.74, 6) is 6.08. The first kappa shape index (κ1) is 13.1. The van der Waals surface area contributed by atoms with Crippen LogP contribution in [0.1, 0.15) is 12.8 Å². The zero-order chi connectivity index (χ0) is 12.8. The number of thioether (sulfide) groups is 1. The van der Waals surface area contributed by atoms with Crippen molar-refractivity contribution in [3.8, 4) is 10.8 Å². The Bertz CT molecular complexity index is 498. The van der Waals surface area contributed by atoms with E-state index in [1.54, 1.807) is 11.3 Å². The lowest BCUT2D eigenvalue weighted by Gasteiger charge is -1.97. The number of nitrogens with zero attached hydrogens (tertiary/aromatic N) is 2. The first-order valence-corrected chi connectivity index (χ1v) is 7.16. The number of hydrazine groups is 1. The second kappa shape index (κ2) is 6.53. The summed E-state index contributed by atoms with van der Waals surface area (Å²) in [5, 5.41) is 10.4. The topological polar surface area (TPSA) is 94.0 Å². The highest BCUT2D eigenvalue weighted by molar-refractivity contribution is 7.99. The van der Waals surface area contributed by atoms with Gasteiger partial charge < -0.3 is 4.42 Å². The lowest BCUT2D eigenvalue weighted by atomic mass is 10.3. The molecule has 0 fully saturated rings. The molecule has 2 heterocycles. The fourth-order valence-corrected chi connectivity index (χ4v) is 2.58. The molecule has 96 valence electrons. The summed E-state index contributed by atoms with van der Waals surface area (Å²) in [6.45, 7) is 0. The molecule has 2 aromatic heterocycles. The molecule has 3 N–H and O–H groups in total. The van der Waals surface area contributed by atoms with E-state index in [0.29, 0.717) is 24.0 Å². The Labute approximate surface area is 112 Å². The van der Waals surface area contributed by atoms with Crippen molar-refractivity contribution in [2.75, 3.05) is 5.75 Å². The van der Waals surface area contributed by atoms with Gasteiger partial charge in [-0.3, -0.25) is 10.2 Å². The second-order valence-electron chi connectivity index (χ2n) is 3.37. The van der Waals surface area contributed by atoms with Crippen LogP contribution < -0.4 is 11.3 Å². The summed E-state index contributed by atoms with van der Waals surface area (Å²) in [6.07, 6.45) is 1.11. The second-order valence-corrected chi connectivity index (χ2v) is 5.36. The molecule has 0 radical (unpaired) electrons. The molecule has 0 aromatic carbocycles. The Kier molecular flexibility index (Phi) is 4.73. The van der Waals surface area contributed by atoms with Crippen molar-refractivity contribution in [1.82, 2.24) is 15.6 Å².